The van der Waals surface area contributed by atoms with Crippen molar-refractivity contribution in [2.75, 3.05) is 0 Å². The van der Waals surface area contributed by atoms with Gasteiger partial charge in [0.15, 0.2) is 0 Å². The summed E-state index contributed by atoms with van der Waals surface area (Å²) in [5.74, 6) is 2.19. The molecule has 0 spiro atoms. The van der Waals surface area contributed by atoms with Gasteiger partial charge in [0, 0.05) is 0 Å². The van der Waals surface area contributed by atoms with Crippen molar-refractivity contribution in [3.8, 4) is 0 Å². The van der Waals surface area contributed by atoms with Crippen LogP contribution in [0.1, 0.15) is 26.2 Å². The largest absolute Gasteiger partial charge is 0.393 e. The summed E-state index contributed by atoms with van der Waals surface area (Å²) in [6.07, 6.45) is 3.91. The van der Waals surface area contributed by atoms with Gasteiger partial charge in [0.25, 0.3) is 0 Å². The van der Waals surface area contributed by atoms with Crippen LogP contribution in [0.2, 0.25) is 0 Å². The second-order valence-corrected chi connectivity index (χ2v) is 3.70. The zero-order valence-corrected chi connectivity index (χ0v) is 5.88. The average molecular weight is 126 g/mol. The smallest absolute Gasteiger partial charge is 0.0599 e. The van der Waals surface area contributed by atoms with Gasteiger partial charge in [-0.3, -0.25) is 0 Å². The number of aliphatic hydroxyl groups excluding tert-OH is 1. The van der Waals surface area contributed by atoms with Gasteiger partial charge in [0.05, 0.1) is 6.10 Å². The summed E-state index contributed by atoms with van der Waals surface area (Å²) in [6, 6.07) is 0. The van der Waals surface area contributed by atoms with Crippen molar-refractivity contribution in [2.24, 2.45) is 17.8 Å². The molecule has 0 radical (unpaired) electrons. The number of hydrogen-bond donors (Lipinski definition) is 1. The molecule has 1 N–H and O–H groups in total. The van der Waals surface area contributed by atoms with Gasteiger partial charge in [-0.2, -0.15) is 0 Å². The monoisotopic (exact) mass is 126 g/mol. The van der Waals surface area contributed by atoms with Crippen molar-refractivity contribution in [1.29, 1.82) is 0 Å². The van der Waals surface area contributed by atoms with Gasteiger partial charge in [-0.05, 0) is 37.0 Å². The minimum absolute atomic E-state index is 0.0694. The predicted octanol–water partition coefficient (Wildman–Crippen LogP) is 1.41. The van der Waals surface area contributed by atoms with E-state index in [4.69, 9.17) is 0 Å². The summed E-state index contributed by atoms with van der Waals surface area (Å²) < 4.78 is 0. The van der Waals surface area contributed by atoms with Gasteiger partial charge >= 0.3 is 0 Å². The van der Waals surface area contributed by atoms with Gasteiger partial charge in [0.1, 0.15) is 0 Å². The van der Waals surface area contributed by atoms with E-state index in [1.807, 2.05) is 0 Å². The standard InChI is InChI=1S/C8H14O/c1-5-4-7(5)8(9)6-2-3-6/h5-9H,2-4H2,1H3. The van der Waals surface area contributed by atoms with E-state index < -0.39 is 0 Å². The third-order valence-corrected chi connectivity index (χ3v) is 2.72. The number of hydrogen-bond acceptors (Lipinski definition) is 1. The predicted molar refractivity (Wildman–Crippen MR) is 36.0 cm³/mol. The van der Waals surface area contributed by atoms with Crippen molar-refractivity contribution in [2.45, 2.75) is 32.3 Å². The van der Waals surface area contributed by atoms with Crippen LogP contribution in [0.4, 0.5) is 0 Å². The Kier molecular flexibility index (Phi) is 1.10. The fourth-order valence-electron chi connectivity index (χ4n) is 1.61. The van der Waals surface area contributed by atoms with E-state index in [0.29, 0.717) is 11.8 Å². The molecular weight excluding hydrogens is 112 g/mol. The molecule has 1 heteroatoms. The minimum atomic E-state index is 0.0694. The second-order valence-electron chi connectivity index (χ2n) is 3.70. The highest BCUT2D eigenvalue weighted by atomic mass is 16.3. The first-order valence-corrected chi connectivity index (χ1v) is 3.97. The van der Waals surface area contributed by atoms with E-state index in [1.165, 1.54) is 19.3 Å². The van der Waals surface area contributed by atoms with Crippen molar-refractivity contribution in [1.82, 2.24) is 0 Å². The van der Waals surface area contributed by atoms with Crippen molar-refractivity contribution in [3.05, 3.63) is 0 Å². The first kappa shape index (κ1) is 5.72. The van der Waals surface area contributed by atoms with Crippen LogP contribution in [0, 0.1) is 17.8 Å². The Balaban J connectivity index is 1.83. The van der Waals surface area contributed by atoms with E-state index in [2.05, 4.69) is 6.92 Å². The van der Waals surface area contributed by atoms with E-state index in [-0.39, 0.29) is 6.10 Å². The van der Waals surface area contributed by atoms with Gasteiger partial charge < -0.3 is 5.11 Å². The SMILES string of the molecule is CC1CC1C(O)C1CC1. The lowest BCUT2D eigenvalue weighted by molar-refractivity contribution is 0.123. The maximum absolute atomic E-state index is 9.50. The normalized spacial score (nSPS) is 44.7. The summed E-state index contributed by atoms with van der Waals surface area (Å²) in [5.41, 5.74) is 0. The molecule has 0 aromatic rings. The summed E-state index contributed by atoms with van der Waals surface area (Å²) in [6.45, 7) is 2.23. The Morgan fingerprint density at radius 1 is 1.44 bits per heavy atom. The minimum Gasteiger partial charge on any atom is -0.393 e. The van der Waals surface area contributed by atoms with Crippen LogP contribution in [0.5, 0.6) is 0 Å². The lowest BCUT2D eigenvalue weighted by Gasteiger charge is -2.05. The van der Waals surface area contributed by atoms with E-state index >= 15 is 0 Å². The lowest BCUT2D eigenvalue weighted by atomic mass is 10.1. The van der Waals surface area contributed by atoms with E-state index in [1.54, 1.807) is 0 Å². The highest BCUT2D eigenvalue weighted by Gasteiger charge is 2.45. The summed E-state index contributed by atoms with van der Waals surface area (Å²) in [5, 5.41) is 9.50. The van der Waals surface area contributed by atoms with E-state index in [9.17, 15) is 5.11 Å². The Morgan fingerprint density at radius 3 is 2.33 bits per heavy atom. The number of rotatable bonds is 2. The first-order valence-electron chi connectivity index (χ1n) is 3.97. The molecule has 2 aliphatic rings. The Morgan fingerprint density at radius 2 is 2.00 bits per heavy atom. The molecule has 0 aromatic carbocycles. The Labute approximate surface area is 56.1 Å². The zero-order valence-electron chi connectivity index (χ0n) is 5.88. The summed E-state index contributed by atoms with van der Waals surface area (Å²) in [4.78, 5) is 0. The first-order chi connectivity index (χ1) is 4.29. The molecule has 0 heterocycles. The average Bonchev–Trinajstić information content (AvgIpc) is 2.53. The molecule has 2 fully saturated rings. The third-order valence-electron chi connectivity index (χ3n) is 2.72. The van der Waals surface area contributed by atoms with Crippen LogP contribution in [0.15, 0.2) is 0 Å². The molecule has 0 aliphatic heterocycles. The molecule has 3 unspecified atom stereocenters. The molecule has 0 aromatic heterocycles. The molecule has 0 saturated heterocycles. The van der Waals surface area contributed by atoms with E-state index in [0.717, 1.165) is 5.92 Å². The maximum Gasteiger partial charge on any atom is 0.0599 e. The quantitative estimate of drug-likeness (QED) is 0.593. The molecule has 52 valence electrons. The fraction of sp³-hybridized carbons (Fsp3) is 1.00. The topological polar surface area (TPSA) is 20.2 Å². The molecule has 0 amide bonds. The highest BCUT2D eigenvalue weighted by molar-refractivity contribution is 4.95. The van der Waals surface area contributed by atoms with Crippen LogP contribution in [-0.2, 0) is 0 Å². The molecule has 2 rings (SSSR count). The van der Waals surface area contributed by atoms with Crippen LogP contribution in [0.3, 0.4) is 0 Å². The van der Waals surface area contributed by atoms with Crippen LogP contribution < -0.4 is 0 Å². The third kappa shape index (κ3) is 0.983. The second kappa shape index (κ2) is 1.72. The Hall–Kier alpha value is -0.0400. The van der Waals surface area contributed by atoms with Crippen molar-refractivity contribution >= 4 is 0 Å². The van der Waals surface area contributed by atoms with Crippen molar-refractivity contribution in [3.63, 3.8) is 0 Å². The van der Waals surface area contributed by atoms with Gasteiger partial charge in [-0.15, -0.1) is 0 Å². The van der Waals surface area contributed by atoms with Gasteiger partial charge in [0.2, 0.25) is 0 Å². The summed E-state index contributed by atoms with van der Waals surface area (Å²) >= 11 is 0. The molecule has 9 heavy (non-hydrogen) atoms. The van der Waals surface area contributed by atoms with Crippen LogP contribution >= 0.6 is 0 Å². The summed E-state index contributed by atoms with van der Waals surface area (Å²) in [7, 11) is 0. The molecule has 2 saturated carbocycles. The van der Waals surface area contributed by atoms with Crippen LogP contribution in [0.25, 0.3) is 0 Å². The number of aliphatic hydroxyl groups is 1. The van der Waals surface area contributed by atoms with Gasteiger partial charge in [-0.25, -0.2) is 0 Å². The Bertz CT molecular complexity index is 118. The molecule has 1 nitrogen and oxygen atoms in total. The molecular formula is C8H14O. The lowest BCUT2D eigenvalue weighted by Crippen LogP contribution is -2.12. The fourth-order valence-corrected chi connectivity index (χ4v) is 1.61. The highest BCUT2D eigenvalue weighted by Crippen LogP contribution is 2.48. The molecule has 2 aliphatic carbocycles. The molecule has 0 bridgehead atoms. The zero-order chi connectivity index (χ0) is 6.43. The molecule has 3 atom stereocenters. The van der Waals surface area contributed by atoms with Crippen molar-refractivity contribution < 1.29 is 5.11 Å². The van der Waals surface area contributed by atoms with Crippen LogP contribution in [-0.4, -0.2) is 11.2 Å². The van der Waals surface area contributed by atoms with Gasteiger partial charge in [-0.1, -0.05) is 6.92 Å². The maximum atomic E-state index is 9.50.